The number of hydrogen-bond acceptors (Lipinski definition) is 5. The number of carbonyl (C=O) groups excluding carboxylic acids is 2. The van der Waals surface area contributed by atoms with E-state index in [2.05, 4.69) is 4.74 Å². The maximum atomic E-state index is 12.0. The Kier molecular flexibility index (Phi) is 3.97. The lowest BCUT2D eigenvalue weighted by Crippen LogP contribution is -2.40. The molecule has 1 aliphatic rings. The van der Waals surface area contributed by atoms with E-state index in [4.69, 9.17) is 0 Å². The molecule has 0 fully saturated rings. The highest BCUT2D eigenvalue weighted by Gasteiger charge is 2.29. The third-order valence-corrected chi connectivity index (χ3v) is 3.09. The predicted molar refractivity (Wildman–Crippen MR) is 70.4 cm³/mol. The summed E-state index contributed by atoms with van der Waals surface area (Å²) in [7, 11) is 0. The molecule has 106 valence electrons. The van der Waals surface area contributed by atoms with E-state index in [0.717, 1.165) is 12.0 Å². The quantitative estimate of drug-likeness (QED) is 0.353. The maximum Gasteiger partial charge on any atom is 0.397 e. The molecule has 7 nitrogen and oxygen atoms in total. The zero-order valence-electron chi connectivity index (χ0n) is 11.0. The summed E-state index contributed by atoms with van der Waals surface area (Å²) in [5, 5.41) is 10.8. The number of non-ortho nitro benzene ring substituents is 1. The van der Waals surface area contributed by atoms with Crippen molar-refractivity contribution in [3.8, 4) is 0 Å². The number of fused-ring (bicyclic) bond motifs is 1. The average Bonchev–Trinajstić information content (AvgIpc) is 2.45. The van der Waals surface area contributed by atoms with E-state index in [1.54, 1.807) is 13.0 Å². The van der Waals surface area contributed by atoms with Gasteiger partial charge < -0.3 is 9.64 Å². The van der Waals surface area contributed by atoms with E-state index < -0.39 is 16.8 Å². The Morgan fingerprint density at radius 3 is 2.85 bits per heavy atom. The number of aryl methyl sites for hydroxylation is 1. The van der Waals surface area contributed by atoms with Gasteiger partial charge in [0.15, 0.2) is 0 Å². The molecular formula is C13H14N2O5. The fraction of sp³-hybridized carbons (Fsp3) is 0.385. The van der Waals surface area contributed by atoms with E-state index in [1.807, 2.05) is 0 Å². The average molecular weight is 278 g/mol. The monoisotopic (exact) mass is 278 g/mol. The number of ether oxygens (including phenoxy) is 1. The third kappa shape index (κ3) is 2.61. The molecule has 7 heteroatoms. The Labute approximate surface area is 115 Å². The van der Waals surface area contributed by atoms with E-state index in [0.29, 0.717) is 18.7 Å². The molecule has 0 unspecified atom stereocenters. The number of esters is 1. The standard InChI is InChI=1S/C13H14N2O5/c1-2-20-13(17)12(16)14-7-3-4-9-5-6-10(15(18)19)8-11(9)14/h5-6,8H,2-4,7H2,1H3. The van der Waals surface area contributed by atoms with Crippen LogP contribution in [0.3, 0.4) is 0 Å². The van der Waals surface area contributed by atoms with Crippen LogP contribution in [0.25, 0.3) is 0 Å². The number of rotatable bonds is 2. The van der Waals surface area contributed by atoms with Crippen molar-refractivity contribution >= 4 is 23.3 Å². The molecule has 0 aromatic heterocycles. The van der Waals surface area contributed by atoms with Crippen LogP contribution in [0.1, 0.15) is 18.9 Å². The number of benzene rings is 1. The first-order valence-electron chi connectivity index (χ1n) is 6.30. The Morgan fingerprint density at radius 1 is 1.45 bits per heavy atom. The molecule has 20 heavy (non-hydrogen) atoms. The highest BCUT2D eigenvalue weighted by atomic mass is 16.6. The van der Waals surface area contributed by atoms with Gasteiger partial charge in [-0.3, -0.25) is 14.9 Å². The van der Waals surface area contributed by atoms with Crippen LogP contribution in [-0.4, -0.2) is 30.0 Å². The number of hydrogen-bond donors (Lipinski definition) is 0. The summed E-state index contributed by atoms with van der Waals surface area (Å²) in [4.78, 5) is 35.1. The molecule has 1 aromatic rings. The van der Waals surface area contributed by atoms with Crippen molar-refractivity contribution in [3.63, 3.8) is 0 Å². The molecule has 1 aliphatic heterocycles. The zero-order chi connectivity index (χ0) is 14.7. The molecule has 0 atom stereocenters. The molecule has 0 aliphatic carbocycles. The first kappa shape index (κ1) is 14.0. The minimum atomic E-state index is -0.938. The SMILES string of the molecule is CCOC(=O)C(=O)N1CCCc2ccc([N+](=O)[O-])cc21. The van der Waals surface area contributed by atoms with Crippen LogP contribution in [0.15, 0.2) is 18.2 Å². The Balaban J connectivity index is 2.35. The zero-order valence-corrected chi connectivity index (χ0v) is 11.0. The van der Waals surface area contributed by atoms with Crippen LogP contribution >= 0.6 is 0 Å². The minimum absolute atomic E-state index is 0.104. The largest absolute Gasteiger partial charge is 0.459 e. The maximum absolute atomic E-state index is 12.0. The molecule has 0 spiro atoms. The Bertz CT molecular complexity index is 570. The highest BCUT2D eigenvalue weighted by molar-refractivity contribution is 6.38. The fourth-order valence-electron chi connectivity index (χ4n) is 2.19. The fourth-order valence-corrected chi connectivity index (χ4v) is 2.19. The van der Waals surface area contributed by atoms with Gasteiger partial charge in [0.2, 0.25) is 0 Å². The van der Waals surface area contributed by atoms with Gasteiger partial charge in [-0.15, -0.1) is 0 Å². The van der Waals surface area contributed by atoms with E-state index in [1.165, 1.54) is 17.0 Å². The number of amides is 1. The first-order chi connectivity index (χ1) is 9.54. The van der Waals surface area contributed by atoms with E-state index >= 15 is 0 Å². The van der Waals surface area contributed by atoms with Crippen molar-refractivity contribution in [3.05, 3.63) is 33.9 Å². The summed E-state index contributed by atoms with van der Waals surface area (Å²) in [5.74, 6) is -1.72. The molecular weight excluding hydrogens is 264 g/mol. The van der Waals surface area contributed by atoms with Crippen LogP contribution in [-0.2, 0) is 20.7 Å². The summed E-state index contributed by atoms with van der Waals surface area (Å²) in [6.07, 6.45) is 1.43. The Hall–Kier alpha value is -2.44. The summed E-state index contributed by atoms with van der Waals surface area (Å²) >= 11 is 0. The van der Waals surface area contributed by atoms with Crippen LogP contribution in [0.4, 0.5) is 11.4 Å². The second-order valence-corrected chi connectivity index (χ2v) is 4.35. The lowest BCUT2D eigenvalue weighted by Gasteiger charge is -2.28. The summed E-state index contributed by atoms with van der Waals surface area (Å²) in [6.45, 7) is 2.08. The smallest absolute Gasteiger partial charge is 0.397 e. The number of nitro groups is 1. The lowest BCUT2D eigenvalue weighted by molar-refractivity contribution is -0.384. The minimum Gasteiger partial charge on any atom is -0.459 e. The van der Waals surface area contributed by atoms with Gasteiger partial charge in [-0.2, -0.15) is 0 Å². The topological polar surface area (TPSA) is 89.8 Å². The third-order valence-electron chi connectivity index (χ3n) is 3.09. The van der Waals surface area contributed by atoms with Gasteiger partial charge in [0.1, 0.15) is 0 Å². The van der Waals surface area contributed by atoms with E-state index in [9.17, 15) is 19.7 Å². The van der Waals surface area contributed by atoms with Gasteiger partial charge in [0.25, 0.3) is 5.69 Å². The predicted octanol–water partition coefficient (Wildman–Crippen LogP) is 1.44. The van der Waals surface area contributed by atoms with Gasteiger partial charge >= 0.3 is 11.9 Å². The molecule has 1 heterocycles. The van der Waals surface area contributed by atoms with Crippen molar-refractivity contribution in [1.82, 2.24) is 0 Å². The number of nitrogens with zero attached hydrogens (tertiary/aromatic N) is 2. The summed E-state index contributed by atoms with van der Waals surface area (Å²) in [5.41, 5.74) is 1.13. The van der Waals surface area contributed by atoms with Gasteiger partial charge in [0, 0.05) is 18.7 Å². The lowest BCUT2D eigenvalue weighted by atomic mass is 10.0. The van der Waals surface area contributed by atoms with Crippen LogP contribution in [0, 0.1) is 10.1 Å². The van der Waals surface area contributed by atoms with Crippen molar-refractivity contribution in [2.45, 2.75) is 19.8 Å². The highest BCUT2D eigenvalue weighted by Crippen LogP contribution is 2.31. The van der Waals surface area contributed by atoms with Crippen molar-refractivity contribution < 1.29 is 19.2 Å². The van der Waals surface area contributed by atoms with Crippen LogP contribution in [0.5, 0.6) is 0 Å². The van der Waals surface area contributed by atoms with Crippen LogP contribution in [0.2, 0.25) is 0 Å². The molecule has 2 rings (SSSR count). The summed E-state index contributed by atoms with van der Waals surface area (Å²) < 4.78 is 4.69. The van der Waals surface area contributed by atoms with Crippen molar-refractivity contribution in [1.29, 1.82) is 0 Å². The number of anilines is 1. The molecule has 1 amide bonds. The van der Waals surface area contributed by atoms with Gasteiger partial charge in [-0.05, 0) is 25.3 Å². The van der Waals surface area contributed by atoms with Crippen molar-refractivity contribution in [2.24, 2.45) is 0 Å². The van der Waals surface area contributed by atoms with Crippen molar-refractivity contribution in [2.75, 3.05) is 18.1 Å². The molecule has 0 saturated heterocycles. The Morgan fingerprint density at radius 2 is 2.20 bits per heavy atom. The molecule has 1 aromatic carbocycles. The van der Waals surface area contributed by atoms with Gasteiger partial charge in [-0.1, -0.05) is 6.07 Å². The molecule has 0 saturated carbocycles. The molecule has 0 N–H and O–H groups in total. The van der Waals surface area contributed by atoms with Gasteiger partial charge in [-0.25, -0.2) is 4.79 Å². The molecule has 0 bridgehead atoms. The number of nitro benzene ring substituents is 1. The molecule has 0 radical (unpaired) electrons. The normalized spacial score (nSPS) is 13.6. The second kappa shape index (κ2) is 5.68. The first-order valence-corrected chi connectivity index (χ1v) is 6.30. The second-order valence-electron chi connectivity index (χ2n) is 4.35. The van der Waals surface area contributed by atoms with Gasteiger partial charge in [0.05, 0.1) is 17.2 Å². The van der Waals surface area contributed by atoms with Crippen LogP contribution < -0.4 is 4.90 Å². The number of carbonyl (C=O) groups is 2. The van der Waals surface area contributed by atoms with E-state index in [-0.39, 0.29) is 12.3 Å². The summed E-state index contributed by atoms with van der Waals surface area (Å²) in [6, 6.07) is 4.35.